The molecule has 5 heteroatoms. The lowest BCUT2D eigenvalue weighted by molar-refractivity contribution is 0.0169. The zero-order chi connectivity index (χ0) is 15.0. The molecule has 0 saturated carbocycles. The molecule has 0 spiro atoms. The van der Waals surface area contributed by atoms with Crippen molar-refractivity contribution in [2.75, 3.05) is 13.1 Å². The van der Waals surface area contributed by atoms with Crippen molar-refractivity contribution >= 4 is 6.09 Å². The van der Waals surface area contributed by atoms with Gasteiger partial charge in [0.1, 0.15) is 5.60 Å². The zero-order valence-corrected chi connectivity index (χ0v) is 13.1. The number of amides is 1. The lowest BCUT2D eigenvalue weighted by atomic mass is 9.78. The molecule has 5 nitrogen and oxygen atoms in total. The van der Waals surface area contributed by atoms with E-state index in [0.717, 1.165) is 25.9 Å². The molecule has 0 N–H and O–H groups in total. The first kappa shape index (κ1) is 14.9. The molecule has 1 saturated heterocycles. The molecular formula is C15H25N3O2. The van der Waals surface area contributed by atoms with Crippen LogP contribution in [0.2, 0.25) is 0 Å². The summed E-state index contributed by atoms with van der Waals surface area (Å²) in [5.74, 6) is 0. The van der Waals surface area contributed by atoms with Crippen LogP contribution in [-0.4, -0.2) is 39.2 Å². The Labute approximate surface area is 120 Å². The molecule has 1 amide bonds. The predicted molar refractivity (Wildman–Crippen MR) is 77.6 cm³/mol. The number of carbonyl (C=O) groups is 1. The number of rotatable bonds is 1. The highest BCUT2D eigenvalue weighted by molar-refractivity contribution is 5.68. The van der Waals surface area contributed by atoms with Gasteiger partial charge in [0.15, 0.2) is 0 Å². The molecule has 0 aliphatic carbocycles. The normalized spacial score (nSPS) is 18.9. The van der Waals surface area contributed by atoms with Crippen LogP contribution in [0.4, 0.5) is 4.79 Å². The second-order valence-electron chi connectivity index (χ2n) is 6.92. The second-order valence-corrected chi connectivity index (χ2v) is 6.92. The molecule has 1 aliphatic heterocycles. The van der Waals surface area contributed by atoms with Crippen molar-refractivity contribution in [1.82, 2.24) is 14.5 Å². The van der Waals surface area contributed by atoms with Gasteiger partial charge < -0.3 is 14.2 Å². The van der Waals surface area contributed by atoms with E-state index in [4.69, 9.17) is 4.74 Å². The Morgan fingerprint density at radius 2 is 1.95 bits per heavy atom. The number of aryl methyl sites for hydroxylation is 1. The summed E-state index contributed by atoms with van der Waals surface area (Å²) in [5, 5.41) is 0. The van der Waals surface area contributed by atoms with Crippen LogP contribution in [0.15, 0.2) is 12.5 Å². The third kappa shape index (κ3) is 3.14. The molecule has 2 heterocycles. The largest absolute Gasteiger partial charge is 0.444 e. The van der Waals surface area contributed by atoms with Crippen molar-refractivity contribution in [3.8, 4) is 0 Å². The molecule has 2 rings (SSSR count). The van der Waals surface area contributed by atoms with E-state index in [1.807, 2.05) is 45.2 Å². The fourth-order valence-corrected chi connectivity index (χ4v) is 2.70. The highest BCUT2D eigenvalue weighted by atomic mass is 16.6. The molecule has 112 valence electrons. The van der Waals surface area contributed by atoms with Crippen LogP contribution in [0.25, 0.3) is 0 Å². The molecule has 0 radical (unpaired) electrons. The van der Waals surface area contributed by atoms with E-state index in [-0.39, 0.29) is 11.5 Å². The summed E-state index contributed by atoms with van der Waals surface area (Å²) in [4.78, 5) is 18.1. The van der Waals surface area contributed by atoms with Crippen molar-refractivity contribution in [2.45, 2.75) is 51.6 Å². The molecular weight excluding hydrogens is 254 g/mol. The van der Waals surface area contributed by atoms with Gasteiger partial charge in [-0.05, 0) is 33.6 Å². The first-order chi connectivity index (χ1) is 9.21. The lowest BCUT2D eigenvalue weighted by Gasteiger charge is -2.39. The molecule has 1 aromatic rings. The summed E-state index contributed by atoms with van der Waals surface area (Å²) in [6, 6.07) is 0. The van der Waals surface area contributed by atoms with Gasteiger partial charge in [0.2, 0.25) is 0 Å². The number of aromatic nitrogens is 2. The Morgan fingerprint density at radius 3 is 2.40 bits per heavy atom. The Balaban J connectivity index is 1.99. The van der Waals surface area contributed by atoms with E-state index in [2.05, 4.69) is 16.5 Å². The van der Waals surface area contributed by atoms with Crippen molar-refractivity contribution < 1.29 is 9.53 Å². The molecule has 1 aromatic heterocycles. The van der Waals surface area contributed by atoms with Crippen LogP contribution in [0.1, 0.15) is 46.2 Å². The van der Waals surface area contributed by atoms with Gasteiger partial charge >= 0.3 is 6.09 Å². The average molecular weight is 279 g/mol. The fourth-order valence-electron chi connectivity index (χ4n) is 2.70. The molecule has 1 aliphatic rings. The van der Waals surface area contributed by atoms with Crippen LogP contribution >= 0.6 is 0 Å². The number of nitrogens with zero attached hydrogens (tertiary/aromatic N) is 3. The third-order valence-electron chi connectivity index (χ3n) is 3.95. The van der Waals surface area contributed by atoms with E-state index in [0.29, 0.717) is 0 Å². The van der Waals surface area contributed by atoms with E-state index in [9.17, 15) is 4.79 Å². The highest BCUT2D eigenvalue weighted by Gasteiger charge is 2.36. The zero-order valence-electron chi connectivity index (χ0n) is 13.1. The number of likely N-dealkylation sites (tertiary alicyclic amines) is 1. The highest BCUT2D eigenvalue weighted by Crippen LogP contribution is 2.34. The summed E-state index contributed by atoms with van der Waals surface area (Å²) in [5.41, 5.74) is 0.894. The molecule has 20 heavy (non-hydrogen) atoms. The maximum absolute atomic E-state index is 12.1. The van der Waals surface area contributed by atoms with Gasteiger partial charge in [-0.2, -0.15) is 0 Å². The smallest absolute Gasteiger partial charge is 0.410 e. The minimum absolute atomic E-state index is 0.0871. The third-order valence-corrected chi connectivity index (χ3v) is 3.95. The quantitative estimate of drug-likeness (QED) is 0.794. The molecule has 1 fully saturated rings. The van der Waals surface area contributed by atoms with E-state index < -0.39 is 5.60 Å². The second kappa shape index (κ2) is 5.11. The maximum Gasteiger partial charge on any atom is 0.410 e. The van der Waals surface area contributed by atoms with Crippen LogP contribution in [-0.2, 0) is 17.2 Å². The average Bonchev–Trinajstić information content (AvgIpc) is 2.74. The SMILES string of the molecule is Cn1cncc1C1(C)CCN(C(=O)OC(C)(C)C)CC1. The van der Waals surface area contributed by atoms with Crippen molar-refractivity contribution in [3.63, 3.8) is 0 Å². The lowest BCUT2D eigenvalue weighted by Crippen LogP contribution is -2.46. The summed E-state index contributed by atoms with van der Waals surface area (Å²) in [6.45, 7) is 9.40. The number of carbonyl (C=O) groups excluding carboxylic acids is 1. The van der Waals surface area contributed by atoms with Crippen molar-refractivity contribution in [3.05, 3.63) is 18.2 Å². The predicted octanol–water partition coefficient (Wildman–Crippen LogP) is 2.71. The van der Waals surface area contributed by atoms with Gasteiger partial charge in [0, 0.05) is 37.4 Å². The summed E-state index contributed by atoms with van der Waals surface area (Å²) in [7, 11) is 2.02. The monoisotopic (exact) mass is 279 g/mol. The summed E-state index contributed by atoms with van der Waals surface area (Å²) in [6.07, 6.45) is 5.44. The number of ether oxygens (including phenoxy) is 1. The summed E-state index contributed by atoms with van der Waals surface area (Å²) >= 11 is 0. The van der Waals surface area contributed by atoms with Crippen molar-refractivity contribution in [1.29, 1.82) is 0 Å². The topological polar surface area (TPSA) is 47.4 Å². The Hall–Kier alpha value is -1.52. The van der Waals surface area contributed by atoms with Crippen molar-refractivity contribution in [2.24, 2.45) is 7.05 Å². The Bertz CT molecular complexity index is 480. The van der Waals surface area contributed by atoms with Gasteiger partial charge in [-0.1, -0.05) is 6.92 Å². The van der Waals surface area contributed by atoms with Gasteiger partial charge in [0.05, 0.1) is 6.33 Å². The first-order valence-electron chi connectivity index (χ1n) is 7.16. The van der Waals surface area contributed by atoms with Crippen LogP contribution in [0.3, 0.4) is 0 Å². The maximum atomic E-state index is 12.1. The molecule has 0 bridgehead atoms. The standard InChI is InChI=1S/C15H25N3O2/c1-14(2,3)20-13(19)18-8-6-15(4,7-9-18)12-10-16-11-17(12)5/h10-11H,6-9H2,1-5H3. The van der Waals surface area contributed by atoms with Gasteiger partial charge in [-0.25, -0.2) is 9.78 Å². The van der Waals surface area contributed by atoms with E-state index in [1.165, 1.54) is 5.69 Å². The van der Waals surface area contributed by atoms with E-state index >= 15 is 0 Å². The van der Waals surface area contributed by atoms with Gasteiger partial charge in [-0.3, -0.25) is 0 Å². The van der Waals surface area contributed by atoms with Gasteiger partial charge in [-0.15, -0.1) is 0 Å². The number of hydrogen-bond donors (Lipinski definition) is 0. The molecule has 0 aromatic carbocycles. The van der Waals surface area contributed by atoms with E-state index in [1.54, 1.807) is 0 Å². The molecule has 0 atom stereocenters. The van der Waals surface area contributed by atoms with Crippen LogP contribution < -0.4 is 0 Å². The number of hydrogen-bond acceptors (Lipinski definition) is 3. The summed E-state index contributed by atoms with van der Waals surface area (Å²) < 4.78 is 7.50. The number of piperidine rings is 1. The first-order valence-corrected chi connectivity index (χ1v) is 7.16. The Kier molecular flexibility index (Phi) is 3.80. The van der Waals surface area contributed by atoms with Crippen LogP contribution in [0.5, 0.6) is 0 Å². The minimum Gasteiger partial charge on any atom is -0.444 e. The molecule has 0 unspecified atom stereocenters. The Morgan fingerprint density at radius 1 is 1.35 bits per heavy atom. The fraction of sp³-hybridized carbons (Fsp3) is 0.733. The number of imidazole rings is 1. The van der Waals surface area contributed by atoms with Crippen LogP contribution in [0, 0.1) is 0 Å². The van der Waals surface area contributed by atoms with Gasteiger partial charge in [0.25, 0.3) is 0 Å². The minimum atomic E-state index is -0.431.